The Bertz CT molecular complexity index is 233. The molecule has 0 unspecified atom stereocenters. The summed E-state index contributed by atoms with van der Waals surface area (Å²) in [7, 11) is 1.78. The summed E-state index contributed by atoms with van der Waals surface area (Å²) < 4.78 is 5.32. The molecule has 0 radical (unpaired) electrons. The first kappa shape index (κ1) is 11.9. The van der Waals surface area contributed by atoms with Gasteiger partial charge in [0, 0.05) is 19.2 Å². The van der Waals surface area contributed by atoms with E-state index in [-0.39, 0.29) is 5.91 Å². The molecule has 0 aromatic carbocycles. The van der Waals surface area contributed by atoms with Crippen LogP contribution in [0.3, 0.4) is 0 Å². The molecule has 2 aliphatic carbocycles. The fourth-order valence-corrected chi connectivity index (χ4v) is 2.25. The van der Waals surface area contributed by atoms with Gasteiger partial charge in [-0.2, -0.15) is 0 Å². The molecular weight excluding hydrogens is 204 g/mol. The normalized spacial score (nSPS) is 30.1. The summed E-state index contributed by atoms with van der Waals surface area (Å²) in [5.74, 6) is 0.149. The molecule has 0 atom stereocenters. The third kappa shape index (κ3) is 3.76. The lowest BCUT2D eigenvalue weighted by Crippen LogP contribution is -2.42. The lowest BCUT2D eigenvalue weighted by molar-refractivity contribution is -0.120. The molecular formula is C12H22N2O2. The van der Waals surface area contributed by atoms with Crippen LogP contribution in [0.4, 0.5) is 0 Å². The lowest BCUT2D eigenvalue weighted by Gasteiger charge is -2.28. The monoisotopic (exact) mass is 226 g/mol. The molecule has 0 aromatic rings. The fourth-order valence-electron chi connectivity index (χ4n) is 2.25. The minimum atomic E-state index is 0.149. The zero-order valence-electron chi connectivity index (χ0n) is 10.00. The number of hydrogen-bond donors (Lipinski definition) is 2. The van der Waals surface area contributed by atoms with Crippen molar-refractivity contribution in [1.82, 2.24) is 10.6 Å². The maximum Gasteiger partial charge on any atom is 0.234 e. The molecule has 2 aliphatic rings. The first-order valence-corrected chi connectivity index (χ1v) is 6.33. The molecule has 16 heavy (non-hydrogen) atoms. The molecule has 0 heterocycles. The summed E-state index contributed by atoms with van der Waals surface area (Å²) in [6.45, 7) is 0.471. The van der Waals surface area contributed by atoms with Crippen LogP contribution in [0.15, 0.2) is 0 Å². The zero-order valence-corrected chi connectivity index (χ0v) is 10.00. The van der Waals surface area contributed by atoms with Gasteiger partial charge in [-0.3, -0.25) is 4.79 Å². The van der Waals surface area contributed by atoms with Crippen LogP contribution in [-0.2, 0) is 9.53 Å². The molecule has 0 aliphatic heterocycles. The SMILES string of the molecule is COC1CCC(NCC(=O)NC2CC2)CC1. The summed E-state index contributed by atoms with van der Waals surface area (Å²) in [4.78, 5) is 11.5. The summed E-state index contributed by atoms with van der Waals surface area (Å²) in [5, 5.41) is 6.32. The van der Waals surface area contributed by atoms with Gasteiger partial charge in [-0.1, -0.05) is 0 Å². The van der Waals surface area contributed by atoms with Crippen molar-refractivity contribution in [3.63, 3.8) is 0 Å². The highest BCUT2D eigenvalue weighted by Crippen LogP contribution is 2.20. The van der Waals surface area contributed by atoms with Crippen molar-refractivity contribution in [2.24, 2.45) is 0 Å². The first-order valence-electron chi connectivity index (χ1n) is 6.33. The van der Waals surface area contributed by atoms with E-state index in [0.29, 0.717) is 24.7 Å². The highest BCUT2D eigenvalue weighted by Gasteiger charge is 2.24. The van der Waals surface area contributed by atoms with Crippen molar-refractivity contribution in [2.45, 2.75) is 56.7 Å². The fraction of sp³-hybridized carbons (Fsp3) is 0.917. The van der Waals surface area contributed by atoms with Crippen LogP contribution >= 0.6 is 0 Å². The number of ether oxygens (including phenoxy) is 1. The van der Waals surface area contributed by atoms with Crippen LogP contribution in [0.25, 0.3) is 0 Å². The number of methoxy groups -OCH3 is 1. The largest absolute Gasteiger partial charge is 0.381 e. The van der Waals surface area contributed by atoms with E-state index in [1.165, 1.54) is 0 Å². The van der Waals surface area contributed by atoms with E-state index < -0.39 is 0 Å². The Morgan fingerprint density at radius 3 is 2.31 bits per heavy atom. The maximum atomic E-state index is 11.5. The molecule has 92 valence electrons. The van der Waals surface area contributed by atoms with E-state index in [0.717, 1.165) is 38.5 Å². The Hall–Kier alpha value is -0.610. The third-order valence-corrected chi connectivity index (χ3v) is 3.50. The van der Waals surface area contributed by atoms with Gasteiger partial charge in [0.1, 0.15) is 0 Å². The number of rotatable bonds is 5. The van der Waals surface area contributed by atoms with Gasteiger partial charge >= 0.3 is 0 Å². The van der Waals surface area contributed by atoms with Crippen molar-refractivity contribution in [1.29, 1.82) is 0 Å². The van der Waals surface area contributed by atoms with Gasteiger partial charge in [0.15, 0.2) is 0 Å². The molecule has 4 nitrogen and oxygen atoms in total. The van der Waals surface area contributed by atoms with Crippen LogP contribution in [0.1, 0.15) is 38.5 Å². The molecule has 0 saturated heterocycles. The highest BCUT2D eigenvalue weighted by molar-refractivity contribution is 5.78. The van der Waals surface area contributed by atoms with Gasteiger partial charge in [0.2, 0.25) is 5.91 Å². The van der Waals surface area contributed by atoms with Gasteiger partial charge in [-0.15, -0.1) is 0 Å². The smallest absolute Gasteiger partial charge is 0.234 e. The Kier molecular flexibility index (Phi) is 4.18. The van der Waals surface area contributed by atoms with Crippen LogP contribution in [0, 0.1) is 0 Å². The van der Waals surface area contributed by atoms with Crippen LogP contribution < -0.4 is 10.6 Å². The Balaban J connectivity index is 1.57. The van der Waals surface area contributed by atoms with Crippen LogP contribution in [0.2, 0.25) is 0 Å². The predicted molar refractivity (Wildman–Crippen MR) is 62.2 cm³/mol. The molecule has 4 heteroatoms. The van der Waals surface area contributed by atoms with Crippen molar-refractivity contribution < 1.29 is 9.53 Å². The summed E-state index contributed by atoms with van der Waals surface area (Å²) in [5.41, 5.74) is 0. The van der Waals surface area contributed by atoms with Crippen molar-refractivity contribution in [2.75, 3.05) is 13.7 Å². The first-order chi connectivity index (χ1) is 7.78. The summed E-state index contributed by atoms with van der Waals surface area (Å²) >= 11 is 0. The number of carbonyl (C=O) groups is 1. The predicted octanol–water partition coefficient (Wildman–Crippen LogP) is 0.812. The van der Waals surface area contributed by atoms with E-state index in [4.69, 9.17) is 4.74 Å². The Labute approximate surface area is 97.1 Å². The van der Waals surface area contributed by atoms with Gasteiger partial charge in [0.05, 0.1) is 12.6 Å². The molecule has 1 amide bonds. The minimum Gasteiger partial charge on any atom is -0.381 e. The molecule has 0 aromatic heterocycles. The second-order valence-corrected chi connectivity index (χ2v) is 4.93. The van der Waals surface area contributed by atoms with E-state index in [1.54, 1.807) is 7.11 Å². The van der Waals surface area contributed by atoms with E-state index >= 15 is 0 Å². The zero-order chi connectivity index (χ0) is 11.4. The molecule has 2 N–H and O–H groups in total. The Morgan fingerprint density at radius 1 is 1.12 bits per heavy atom. The molecule has 0 bridgehead atoms. The van der Waals surface area contributed by atoms with Gasteiger partial charge in [0.25, 0.3) is 0 Å². The van der Waals surface area contributed by atoms with Crippen molar-refractivity contribution >= 4 is 5.91 Å². The average molecular weight is 226 g/mol. The van der Waals surface area contributed by atoms with Crippen molar-refractivity contribution in [3.05, 3.63) is 0 Å². The Morgan fingerprint density at radius 2 is 1.75 bits per heavy atom. The minimum absolute atomic E-state index is 0.149. The second kappa shape index (κ2) is 5.64. The van der Waals surface area contributed by atoms with Crippen LogP contribution in [-0.4, -0.2) is 37.7 Å². The van der Waals surface area contributed by atoms with Gasteiger partial charge < -0.3 is 15.4 Å². The number of amides is 1. The molecule has 2 rings (SSSR count). The van der Waals surface area contributed by atoms with E-state index in [1.807, 2.05) is 0 Å². The van der Waals surface area contributed by atoms with E-state index in [2.05, 4.69) is 10.6 Å². The highest BCUT2D eigenvalue weighted by atomic mass is 16.5. The third-order valence-electron chi connectivity index (χ3n) is 3.50. The summed E-state index contributed by atoms with van der Waals surface area (Å²) in [6.07, 6.45) is 7.20. The van der Waals surface area contributed by atoms with Crippen LogP contribution in [0.5, 0.6) is 0 Å². The standard InChI is InChI=1S/C12H22N2O2/c1-16-11-6-4-9(5-7-11)13-8-12(15)14-10-2-3-10/h9-11,13H,2-8H2,1H3,(H,14,15). The molecule has 2 saturated carbocycles. The lowest BCUT2D eigenvalue weighted by atomic mass is 9.93. The number of nitrogens with one attached hydrogen (secondary N) is 2. The molecule has 2 fully saturated rings. The van der Waals surface area contributed by atoms with E-state index in [9.17, 15) is 4.79 Å². The maximum absolute atomic E-state index is 11.5. The van der Waals surface area contributed by atoms with Crippen molar-refractivity contribution in [3.8, 4) is 0 Å². The average Bonchev–Trinajstić information content (AvgIpc) is 3.11. The number of carbonyl (C=O) groups excluding carboxylic acids is 1. The summed E-state index contributed by atoms with van der Waals surface area (Å²) in [6, 6.07) is 0.967. The second-order valence-electron chi connectivity index (χ2n) is 4.93. The quantitative estimate of drug-likeness (QED) is 0.729. The topological polar surface area (TPSA) is 50.4 Å². The molecule has 0 spiro atoms. The number of hydrogen-bond acceptors (Lipinski definition) is 3. The van der Waals surface area contributed by atoms with Gasteiger partial charge in [-0.25, -0.2) is 0 Å². The van der Waals surface area contributed by atoms with Gasteiger partial charge in [-0.05, 0) is 38.5 Å².